The van der Waals surface area contributed by atoms with Crippen LogP contribution >= 0.6 is 23.0 Å². The fraction of sp³-hybridized carbons (Fsp3) is 0.0769. The number of nitrogen functional groups attached to an aromatic ring is 1. The van der Waals surface area contributed by atoms with Crippen LogP contribution in [0.1, 0.15) is 15.9 Å². The molecule has 18 heavy (non-hydrogen) atoms. The Kier molecular flexibility index (Phi) is 3.81. The van der Waals surface area contributed by atoms with E-state index in [1.807, 2.05) is 19.1 Å². The second-order valence-electron chi connectivity index (χ2n) is 3.93. The van der Waals surface area contributed by atoms with Crippen LogP contribution in [-0.4, -0.2) is 11.0 Å². The molecule has 92 valence electrons. The van der Waals surface area contributed by atoms with Crippen LogP contribution in [0.25, 0.3) is 11.3 Å². The standard InChI is InChI=1S/C13H11IN2O2/c1-8-2-3-12(16-7-8)9-4-10(13(17)18-14)6-11(15)5-9/h2-7H,15H2,1H3. The zero-order valence-electron chi connectivity index (χ0n) is 9.68. The topological polar surface area (TPSA) is 65.2 Å². The lowest BCUT2D eigenvalue weighted by molar-refractivity contribution is 0.0800. The molecule has 2 rings (SSSR count). The van der Waals surface area contributed by atoms with E-state index in [1.165, 1.54) is 0 Å². The van der Waals surface area contributed by atoms with Gasteiger partial charge in [0.05, 0.1) is 11.3 Å². The first-order chi connectivity index (χ1) is 8.60. The lowest BCUT2D eigenvalue weighted by Gasteiger charge is -2.05. The highest BCUT2D eigenvalue weighted by atomic mass is 127. The number of benzene rings is 1. The summed E-state index contributed by atoms with van der Waals surface area (Å²) < 4.78 is 4.66. The Bertz CT molecular complexity index is 582. The summed E-state index contributed by atoms with van der Waals surface area (Å²) in [4.78, 5) is 15.8. The lowest BCUT2D eigenvalue weighted by atomic mass is 10.1. The number of anilines is 1. The van der Waals surface area contributed by atoms with Gasteiger partial charge in [0.15, 0.2) is 23.0 Å². The van der Waals surface area contributed by atoms with Crippen molar-refractivity contribution in [1.29, 1.82) is 0 Å². The minimum Gasteiger partial charge on any atom is -0.399 e. The molecule has 0 unspecified atom stereocenters. The summed E-state index contributed by atoms with van der Waals surface area (Å²) in [5.74, 6) is -0.420. The molecule has 1 aromatic heterocycles. The average Bonchev–Trinajstić information content (AvgIpc) is 2.38. The first-order valence-corrected chi connectivity index (χ1v) is 6.15. The predicted molar refractivity (Wildman–Crippen MR) is 78.3 cm³/mol. The molecule has 1 aromatic carbocycles. The summed E-state index contributed by atoms with van der Waals surface area (Å²) >= 11 is 1.55. The van der Waals surface area contributed by atoms with Gasteiger partial charge in [-0.15, -0.1) is 0 Å². The molecule has 0 aliphatic carbocycles. The van der Waals surface area contributed by atoms with Crippen LogP contribution in [0.3, 0.4) is 0 Å². The molecule has 0 saturated heterocycles. The summed E-state index contributed by atoms with van der Waals surface area (Å²) in [6, 6.07) is 8.93. The molecule has 0 radical (unpaired) electrons. The van der Waals surface area contributed by atoms with E-state index >= 15 is 0 Å². The summed E-state index contributed by atoms with van der Waals surface area (Å²) in [6.07, 6.45) is 1.77. The molecular weight excluding hydrogens is 343 g/mol. The third-order valence-corrected chi connectivity index (χ3v) is 2.87. The quantitative estimate of drug-likeness (QED) is 0.665. The molecule has 0 bridgehead atoms. The fourth-order valence-electron chi connectivity index (χ4n) is 1.60. The third-order valence-electron chi connectivity index (χ3n) is 2.47. The maximum atomic E-state index is 11.5. The number of aromatic nitrogens is 1. The van der Waals surface area contributed by atoms with Crippen LogP contribution in [0.15, 0.2) is 36.5 Å². The van der Waals surface area contributed by atoms with Gasteiger partial charge in [0.1, 0.15) is 0 Å². The van der Waals surface area contributed by atoms with Gasteiger partial charge >= 0.3 is 5.97 Å². The lowest BCUT2D eigenvalue weighted by Crippen LogP contribution is -2.00. The van der Waals surface area contributed by atoms with Crippen LogP contribution in [0.5, 0.6) is 0 Å². The van der Waals surface area contributed by atoms with E-state index in [-0.39, 0.29) is 0 Å². The number of nitrogens with zero attached hydrogens (tertiary/aromatic N) is 1. The van der Waals surface area contributed by atoms with Gasteiger partial charge in [-0.3, -0.25) is 4.98 Å². The Hall–Kier alpha value is -1.63. The van der Waals surface area contributed by atoms with E-state index in [0.717, 1.165) is 16.8 Å². The van der Waals surface area contributed by atoms with Gasteiger partial charge in [0, 0.05) is 17.4 Å². The maximum absolute atomic E-state index is 11.5. The van der Waals surface area contributed by atoms with Gasteiger partial charge in [0.25, 0.3) is 0 Å². The zero-order chi connectivity index (χ0) is 13.1. The van der Waals surface area contributed by atoms with Crippen LogP contribution in [-0.2, 0) is 3.07 Å². The van der Waals surface area contributed by atoms with Gasteiger partial charge in [-0.25, -0.2) is 4.79 Å². The minimum atomic E-state index is -0.420. The third kappa shape index (κ3) is 2.79. The normalized spacial score (nSPS) is 10.1. The largest absolute Gasteiger partial charge is 0.399 e. The molecule has 0 amide bonds. The molecule has 2 aromatic rings. The Morgan fingerprint density at radius 1 is 1.33 bits per heavy atom. The molecule has 0 atom stereocenters. The van der Waals surface area contributed by atoms with E-state index in [9.17, 15) is 4.79 Å². The number of aryl methyl sites for hydroxylation is 1. The number of pyridine rings is 1. The van der Waals surface area contributed by atoms with Crippen molar-refractivity contribution in [2.45, 2.75) is 6.92 Å². The smallest absolute Gasteiger partial charge is 0.347 e. The predicted octanol–water partition coefficient (Wildman–Crippen LogP) is 3.15. The van der Waals surface area contributed by atoms with Crippen molar-refractivity contribution in [3.63, 3.8) is 0 Å². The molecule has 2 N–H and O–H groups in total. The minimum absolute atomic E-state index is 0.418. The van der Waals surface area contributed by atoms with Crippen molar-refractivity contribution < 1.29 is 7.86 Å². The summed E-state index contributed by atoms with van der Waals surface area (Å²) in [5.41, 5.74) is 9.36. The second-order valence-corrected chi connectivity index (χ2v) is 4.37. The van der Waals surface area contributed by atoms with Gasteiger partial charge < -0.3 is 8.80 Å². The van der Waals surface area contributed by atoms with Gasteiger partial charge in [-0.1, -0.05) is 6.07 Å². The molecule has 0 saturated carbocycles. The number of rotatable bonds is 2. The van der Waals surface area contributed by atoms with Crippen molar-refractivity contribution in [1.82, 2.24) is 4.98 Å². The zero-order valence-corrected chi connectivity index (χ0v) is 11.8. The SMILES string of the molecule is Cc1ccc(-c2cc(N)cc(C(=O)OI)c2)nc1. The van der Waals surface area contributed by atoms with Crippen molar-refractivity contribution in [2.24, 2.45) is 0 Å². The number of carbonyl (C=O) groups is 1. The maximum Gasteiger partial charge on any atom is 0.347 e. The number of hydrogen-bond donors (Lipinski definition) is 1. The highest BCUT2D eigenvalue weighted by Crippen LogP contribution is 2.23. The van der Waals surface area contributed by atoms with Crippen molar-refractivity contribution >= 4 is 34.7 Å². The van der Waals surface area contributed by atoms with Gasteiger partial charge in [-0.2, -0.15) is 0 Å². The van der Waals surface area contributed by atoms with Crippen molar-refractivity contribution in [3.8, 4) is 11.3 Å². The Balaban J connectivity index is 2.48. The average molecular weight is 354 g/mol. The van der Waals surface area contributed by atoms with Crippen molar-refractivity contribution in [2.75, 3.05) is 5.73 Å². The second kappa shape index (κ2) is 5.34. The highest BCUT2D eigenvalue weighted by Gasteiger charge is 2.10. The molecule has 0 spiro atoms. The Morgan fingerprint density at radius 2 is 2.11 bits per heavy atom. The Labute approximate surface area is 119 Å². The van der Waals surface area contributed by atoms with Crippen LogP contribution in [0.4, 0.5) is 5.69 Å². The monoisotopic (exact) mass is 354 g/mol. The van der Waals surface area contributed by atoms with Crippen LogP contribution < -0.4 is 5.73 Å². The first-order valence-electron chi connectivity index (χ1n) is 5.26. The molecule has 5 heteroatoms. The molecule has 1 heterocycles. The van der Waals surface area contributed by atoms with E-state index < -0.39 is 5.97 Å². The van der Waals surface area contributed by atoms with Crippen LogP contribution in [0.2, 0.25) is 0 Å². The van der Waals surface area contributed by atoms with Crippen molar-refractivity contribution in [3.05, 3.63) is 47.7 Å². The molecular formula is C13H11IN2O2. The van der Waals surface area contributed by atoms with E-state index in [1.54, 1.807) is 47.4 Å². The van der Waals surface area contributed by atoms with E-state index in [0.29, 0.717) is 11.3 Å². The van der Waals surface area contributed by atoms with Gasteiger partial charge in [-0.05, 0) is 36.8 Å². The molecule has 0 fully saturated rings. The molecule has 4 nitrogen and oxygen atoms in total. The number of nitrogens with two attached hydrogens (primary N) is 1. The first kappa shape index (κ1) is 12.8. The number of carbonyl (C=O) groups excluding carboxylic acids is 1. The summed E-state index contributed by atoms with van der Waals surface area (Å²) in [7, 11) is 0. The fourth-order valence-corrected chi connectivity index (χ4v) is 1.85. The Morgan fingerprint density at radius 3 is 2.72 bits per heavy atom. The van der Waals surface area contributed by atoms with E-state index in [2.05, 4.69) is 8.05 Å². The number of halogens is 1. The molecule has 0 aliphatic rings. The highest BCUT2D eigenvalue weighted by molar-refractivity contribution is 14.1. The van der Waals surface area contributed by atoms with Crippen LogP contribution in [0, 0.1) is 6.92 Å². The van der Waals surface area contributed by atoms with Gasteiger partial charge in [0.2, 0.25) is 0 Å². The van der Waals surface area contributed by atoms with E-state index in [4.69, 9.17) is 5.73 Å². The number of hydrogen-bond acceptors (Lipinski definition) is 4. The summed E-state index contributed by atoms with van der Waals surface area (Å²) in [5, 5.41) is 0. The summed E-state index contributed by atoms with van der Waals surface area (Å²) in [6.45, 7) is 1.97. The molecule has 0 aliphatic heterocycles.